The first-order valence-corrected chi connectivity index (χ1v) is 22.9. The van der Waals surface area contributed by atoms with E-state index in [0.29, 0.717) is 6.54 Å². The normalized spacial score (nSPS) is 11.7. The average molecular weight is 891 g/mol. The van der Waals surface area contributed by atoms with Crippen LogP contribution in [0.1, 0.15) is 16.7 Å². The van der Waals surface area contributed by atoms with Gasteiger partial charge in [-0.2, -0.15) is 4.57 Å². The quantitative estimate of drug-likeness (QED) is 0.135. The first-order chi connectivity index (χ1) is 33.1. The third-order valence-corrected chi connectivity index (χ3v) is 13.5. The molecule has 7 aromatic carbocycles. The van der Waals surface area contributed by atoms with Gasteiger partial charge in [0, 0.05) is 51.6 Å². The van der Waals surface area contributed by atoms with E-state index in [1.165, 1.54) is 18.2 Å². The number of aromatic nitrogens is 3. The van der Waals surface area contributed by atoms with E-state index in [2.05, 4.69) is 160 Å². The first kappa shape index (κ1) is 42.4. The molecule has 0 amide bonds. The zero-order valence-corrected chi connectivity index (χ0v) is 38.2. The highest BCUT2D eigenvalue weighted by molar-refractivity contribution is 5.94. The zero-order chi connectivity index (χ0) is 46.6. The molecule has 328 valence electrons. The van der Waals surface area contributed by atoms with E-state index in [1.54, 1.807) is 18.2 Å². The first-order valence-electron chi connectivity index (χ1n) is 22.9. The SMILES string of the molecule is Cc1cc(F)ccc1-c1ccc(-c2ccccc2-c2cc(-c3ccccc3-c3ccc(-c4ccc(F)cc4C)[n+](C)c3)cc(-c3ccccc3-c3ccc4[n+](c3)Cc3cc(F)ccc3-4)c2)c[n+]1C. The van der Waals surface area contributed by atoms with Crippen LogP contribution in [0.15, 0.2) is 201 Å². The lowest BCUT2D eigenvalue weighted by molar-refractivity contribution is -0.671. The molecule has 6 heteroatoms. The summed E-state index contributed by atoms with van der Waals surface area (Å²) in [6.07, 6.45) is 6.50. The van der Waals surface area contributed by atoms with Gasteiger partial charge in [0.05, 0.1) is 5.56 Å². The molecule has 0 bridgehead atoms. The molecule has 3 aromatic heterocycles. The molecule has 1 aliphatic heterocycles. The molecule has 0 saturated carbocycles. The fourth-order valence-electron chi connectivity index (χ4n) is 10.2. The van der Waals surface area contributed by atoms with E-state index in [4.69, 9.17) is 0 Å². The Morgan fingerprint density at radius 2 is 0.676 bits per heavy atom. The smallest absolute Gasteiger partial charge is 0.207 e. The summed E-state index contributed by atoms with van der Waals surface area (Å²) in [5, 5.41) is 0. The molecule has 68 heavy (non-hydrogen) atoms. The van der Waals surface area contributed by atoms with Crippen molar-refractivity contribution in [1.29, 1.82) is 0 Å². The second-order valence-electron chi connectivity index (χ2n) is 17.9. The van der Waals surface area contributed by atoms with Gasteiger partial charge in [0.1, 0.15) is 31.5 Å². The van der Waals surface area contributed by atoms with Crippen LogP contribution in [-0.4, -0.2) is 0 Å². The van der Waals surface area contributed by atoms with Crippen molar-refractivity contribution in [3.63, 3.8) is 0 Å². The Hall–Kier alpha value is -8.22. The van der Waals surface area contributed by atoms with Gasteiger partial charge in [0.2, 0.25) is 17.1 Å². The monoisotopic (exact) mass is 890 g/mol. The van der Waals surface area contributed by atoms with Crippen molar-refractivity contribution in [2.75, 3.05) is 0 Å². The lowest BCUT2D eigenvalue weighted by atomic mass is 9.86. The Morgan fingerprint density at radius 1 is 0.324 bits per heavy atom. The largest absolute Gasteiger partial charge is 0.213 e. The summed E-state index contributed by atoms with van der Waals surface area (Å²) >= 11 is 0. The van der Waals surface area contributed by atoms with Crippen molar-refractivity contribution in [3.05, 3.63) is 235 Å². The Kier molecular flexibility index (Phi) is 10.7. The molecule has 0 unspecified atom stereocenters. The fraction of sp³-hybridized carbons (Fsp3) is 0.0806. The lowest BCUT2D eigenvalue weighted by Gasteiger charge is -2.17. The molecule has 0 aliphatic carbocycles. The predicted octanol–water partition coefficient (Wildman–Crippen LogP) is 14.0. The van der Waals surface area contributed by atoms with Crippen molar-refractivity contribution < 1.29 is 26.9 Å². The third-order valence-electron chi connectivity index (χ3n) is 13.5. The number of benzene rings is 7. The number of aryl methyl sites for hydroxylation is 4. The lowest BCUT2D eigenvalue weighted by Crippen LogP contribution is -2.31. The van der Waals surface area contributed by atoms with Crippen molar-refractivity contribution in [2.45, 2.75) is 20.4 Å². The molecule has 3 nitrogen and oxygen atoms in total. The second-order valence-corrected chi connectivity index (χ2v) is 17.9. The van der Waals surface area contributed by atoms with Gasteiger partial charge in [0.15, 0.2) is 25.1 Å². The summed E-state index contributed by atoms with van der Waals surface area (Å²) in [6.45, 7) is 4.49. The van der Waals surface area contributed by atoms with Gasteiger partial charge >= 0.3 is 0 Å². The number of hydrogen-bond acceptors (Lipinski definition) is 0. The van der Waals surface area contributed by atoms with Crippen LogP contribution in [0.25, 0.3) is 101 Å². The van der Waals surface area contributed by atoms with Gasteiger partial charge in [-0.3, -0.25) is 0 Å². The van der Waals surface area contributed by atoms with Crippen LogP contribution in [0.5, 0.6) is 0 Å². The summed E-state index contributed by atoms with van der Waals surface area (Å²) in [4.78, 5) is 0. The minimum Gasteiger partial charge on any atom is -0.207 e. The molecule has 0 N–H and O–H groups in total. The van der Waals surface area contributed by atoms with E-state index in [0.717, 1.165) is 117 Å². The summed E-state index contributed by atoms with van der Waals surface area (Å²) in [7, 11) is 4.08. The maximum atomic E-state index is 14.3. The summed E-state index contributed by atoms with van der Waals surface area (Å²) in [5.74, 6) is -0.714. The summed E-state index contributed by atoms with van der Waals surface area (Å²) < 4.78 is 49.1. The molecule has 0 spiro atoms. The maximum absolute atomic E-state index is 14.3. The predicted molar refractivity (Wildman–Crippen MR) is 266 cm³/mol. The number of halogens is 3. The van der Waals surface area contributed by atoms with Gasteiger partial charge in [-0.05, 0) is 166 Å². The molecule has 1 aliphatic rings. The highest BCUT2D eigenvalue weighted by atomic mass is 19.1. The van der Waals surface area contributed by atoms with Crippen LogP contribution in [-0.2, 0) is 20.6 Å². The third kappa shape index (κ3) is 7.78. The number of fused-ring (bicyclic) bond motifs is 3. The van der Waals surface area contributed by atoms with E-state index >= 15 is 0 Å². The van der Waals surface area contributed by atoms with Gasteiger partial charge in [-0.1, -0.05) is 72.8 Å². The number of hydrogen-bond donors (Lipinski definition) is 0. The molecule has 0 atom stereocenters. The number of nitrogens with zero attached hydrogens (tertiary/aromatic N) is 3. The Bertz CT molecular complexity index is 3490. The van der Waals surface area contributed by atoms with Crippen LogP contribution in [0, 0.1) is 31.3 Å². The highest BCUT2D eigenvalue weighted by Gasteiger charge is 2.28. The number of pyridine rings is 3. The van der Waals surface area contributed by atoms with E-state index in [1.807, 2.05) is 46.1 Å². The Balaban J connectivity index is 1.07. The molecular formula is C62H47F3N3+3. The van der Waals surface area contributed by atoms with Gasteiger partial charge in [-0.15, -0.1) is 0 Å². The van der Waals surface area contributed by atoms with Crippen LogP contribution < -0.4 is 13.7 Å². The van der Waals surface area contributed by atoms with E-state index in [9.17, 15) is 13.2 Å². The minimum atomic E-state index is -0.245. The molecule has 0 fully saturated rings. The van der Waals surface area contributed by atoms with Gasteiger partial charge in [0.25, 0.3) is 0 Å². The average Bonchev–Trinajstić information content (AvgIpc) is 3.71. The standard InChI is InChI=1S/C62H47F3N3/c1-39-29-48(63)20-23-51(39)60-26-17-41(35-66(60)3)53-11-5-8-14-56(53)44-31-45(57-15-9-6-12-54(57)42-18-27-61(67(4)36-42)52-24-21-49(64)30-40(52)2)33-46(32-44)58-16-10-7-13-55(58)43-19-28-62-59-25-22-50(65)34-47(59)38-68(62)37-43/h5-37H,38H2,1-4H3/q+3. The van der Waals surface area contributed by atoms with Gasteiger partial charge in [-0.25, -0.2) is 22.3 Å². The van der Waals surface area contributed by atoms with Crippen molar-refractivity contribution >= 4 is 0 Å². The Labute approximate surface area is 395 Å². The van der Waals surface area contributed by atoms with Crippen LogP contribution in [0.3, 0.4) is 0 Å². The Morgan fingerprint density at radius 3 is 1.07 bits per heavy atom. The zero-order valence-electron chi connectivity index (χ0n) is 38.2. The summed E-state index contributed by atoms with van der Waals surface area (Å²) in [6, 6.07) is 60.4. The highest BCUT2D eigenvalue weighted by Crippen LogP contribution is 2.43. The molecule has 0 saturated heterocycles. The maximum Gasteiger partial charge on any atom is 0.213 e. The van der Waals surface area contributed by atoms with E-state index < -0.39 is 0 Å². The molecule has 11 rings (SSSR count). The topological polar surface area (TPSA) is 11.6 Å². The minimum absolute atomic E-state index is 0.224. The fourth-order valence-corrected chi connectivity index (χ4v) is 10.2. The van der Waals surface area contributed by atoms with E-state index in [-0.39, 0.29) is 17.5 Å². The van der Waals surface area contributed by atoms with Gasteiger partial charge < -0.3 is 0 Å². The molecule has 4 heterocycles. The molecule has 0 radical (unpaired) electrons. The van der Waals surface area contributed by atoms with Crippen LogP contribution >= 0.6 is 0 Å². The van der Waals surface area contributed by atoms with Crippen molar-refractivity contribution in [1.82, 2.24) is 0 Å². The van der Waals surface area contributed by atoms with Crippen molar-refractivity contribution in [2.24, 2.45) is 14.1 Å². The van der Waals surface area contributed by atoms with Crippen LogP contribution in [0.4, 0.5) is 13.2 Å². The second kappa shape index (κ2) is 17.2. The molecule has 10 aromatic rings. The number of rotatable bonds is 8. The van der Waals surface area contributed by atoms with Crippen LogP contribution in [0.2, 0.25) is 0 Å². The molecular weight excluding hydrogens is 844 g/mol. The summed E-state index contributed by atoms with van der Waals surface area (Å²) in [5.41, 5.74) is 21.7. The van der Waals surface area contributed by atoms with Crippen molar-refractivity contribution in [3.8, 4) is 101 Å².